The minimum Gasteiger partial charge on any atom is -0.494 e. The Morgan fingerprint density at radius 1 is 1.13 bits per heavy atom. The lowest BCUT2D eigenvalue weighted by atomic mass is 10.0. The van der Waals surface area contributed by atoms with Crippen LogP contribution in [0.5, 0.6) is 17.2 Å². The zero-order valence-corrected chi connectivity index (χ0v) is 16.8. The highest BCUT2D eigenvalue weighted by atomic mass is 16.7. The van der Waals surface area contributed by atoms with E-state index in [0.717, 1.165) is 30.7 Å². The van der Waals surface area contributed by atoms with Gasteiger partial charge in [0.25, 0.3) is 0 Å². The van der Waals surface area contributed by atoms with Crippen LogP contribution in [-0.4, -0.2) is 43.3 Å². The number of urea groups is 1. The van der Waals surface area contributed by atoms with Crippen molar-refractivity contribution in [2.75, 3.05) is 31.8 Å². The first-order valence-corrected chi connectivity index (χ1v) is 10.1. The first kappa shape index (κ1) is 20.0. The lowest BCUT2D eigenvalue weighted by Gasteiger charge is -2.24. The number of amides is 3. The number of carbonyl (C=O) groups is 2. The average molecular weight is 411 g/mol. The summed E-state index contributed by atoms with van der Waals surface area (Å²) in [5.41, 5.74) is 1.67. The second-order valence-electron chi connectivity index (χ2n) is 7.20. The zero-order valence-electron chi connectivity index (χ0n) is 16.8. The van der Waals surface area contributed by atoms with E-state index in [-0.39, 0.29) is 25.3 Å². The van der Waals surface area contributed by atoms with Gasteiger partial charge in [-0.15, -0.1) is 0 Å². The fourth-order valence-electron chi connectivity index (χ4n) is 3.83. The highest BCUT2D eigenvalue weighted by molar-refractivity contribution is 6.01. The van der Waals surface area contributed by atoms with Crippen LogP contribution in [-0.2, 0) is 4.79 Å². The van der Waals surface area contributed by atoms with Crippen molar-refractivity contribution in [3.8, 4) is 17.2 Å². The van der Waals surface area contributed by atoms with Gasteiger partial charge in [0.2, 0.25) is 12.7 Å². The number of fused-ring (bicyclic) bond motifs is 1. The van der Waals surface area contributed by atoms with Crippen molar-refractivity contribution >= 4 is 17.6 Å². The number of hydrogen-bond acceptors (Lipinski definition) is 6. The van der Waals surface area contributed by atoms with Gasteiger partial charge in [0.05, 0.1) is 13.2 Å². The Kier molecular flexibility index (Phi) is 6.04. The molecule has 4 rings (SSSR count). The number of carbonyl (C=O) groups excluding carboxylic acids is 2. The molecule has 2 aliphatic heterocycles. The van der Waals surface area contributed by atoms with Crippen LogP contribution in [0, 0.1) is 0 Å². The van der Waals surface area contributed by atoms with Crippen molar-refractivity contribution in [3.63, 3.8) is 0 Å². The van der Waals surface area contributed by atoms with Gasteiger partial charge in [0.1, 0.15) is 5.75 Å². The molecule has 2 heterocycles. The Labute approximate surface area is 175 Å². The largest absolute Gasteiger partial charge is 0.494 e. The molecule has 0 spiro atoms. The summed E-state index contributed by atoms with van der Waals surface area (Å²) in [5.74, 6) is 1.69. The Hall–Kier alpha value is -3.26. The third-order valence-corrected chi connectivity index (χ3v) is 5.17. The fraction of sp³-hybridized carbons (Fsp3) is 0.364. The van der Waals surface area contributed by atoms with E-state index in [0.29, 0.717) is 23.8 Å². The quantitative estimate of drug-likeness (QED) is 0.758. The molecule has 2 aromatic carbocycles. The number of nitrogens with one attached hydrogen (secondary N) is 2. The SMILES string of the molecule is CCOc1ccc(C2CCCN2CC(=O)NC(=O)Nc2ccc3c(c2)OCO3)cc1. The molecule has 1 atom stereocenters. The van der Waals surface area contributed by atoms with Gasteiger partial charge in [-0.3, -0.25) is 15.0 Å². The lowest BCUT2D eigenvalue weighted by Crippen LogP contribution is -2.41. The topological polar surface area (TPSA) is 89.1 Å². The Balaban J connectivity index is 1.30. The van der Waals surface area contributed by atoms with Crippen LogP contribution in [0.3, 0.4) is 0 Å². The van der Waals surface area contributed by atoms with Crippen molar-refractivity contribution in [1.29, 1.82) is 0 Å². The maximum absolute atomic E-state index is 12.4. The first-order valence-electron chi connectivity index (χ1n) is 10.1. The molecule has 0 bridgehead atoms. The Morgan fingerprint density at radius 2 is 1.93 bits per heavy atom. The highest BCUT2D eigenvalue weighted by Gasteiger charge is 2.28. The van der Waals surface area contributed by atoms with Gasteiger partial charge in [-0.25, -0.2) is 4.79 Å². The molecule has 0 saturated carbocycles. The van der Waals surface area contributed by atoms with Crippen molar-refractivity contribution in [1.82, 2.24) is 10.2 Å². The minimum atomic E-state index is -0.573. The number of ether oxygens (including phenoxy) is 3. The normalized spacial score (nSPS) is 17.6. The number of rotatable bonds is 6. The molecule has 30 heavy (non-hydrogen) atoms. The van der Waals surface area contributed by atoms with E-state index in [2.05, 4.69) is 15.5 Å². The highest BCUT2D eigenvalue weighted by Crippen LogP contribution is 2.34. The summed E-state index contributed by atoms with van der Waals surface area (Å²) in [6, 6.07) is 12.6. The van der Waals surface area contributed by atoms with Crippen molar-refractivity contribution in [3.05, 3.63) is 48.0 Å². The molecule has 2 N–H and O–H groups in total. The molecule has 0 aromatic heterocycles. The van der Waals surface area contributed by atoms with Crippen LogP contribution in [0.1, 0.15) is 31.4 Å². The van der Waals surface area contributed by atoms with Crippen LogP contribution < -0.4 is 24.8 Å². The summed E-state index contributed by atoms with van der Waals surface area (Å²) >= 11 is 0. The average Bonchev–Trinajstić information content (AvgIpc) is 3.37. The molecule has 2 aliphatic rings. The van der Waals surface area contributed by atoms with Gasteiger partial charge in [-0.1, -0.05) is 12.1 Å². The van der Waals surface area contributed by atoms with Gasteiger partial charge in [-0.2, -0.15) is 0 Å². The number of anilines is 1. The molecule has 0 radical (unpaired) electrons. The van der Waals surface area contributed by atoms with Crippen LogP contribution >= 0.6 is 0 Å². The van der Waals surface area contributed by atoms with E-state index >= 15 is 0 Å². The maximum atomic E-state index is 12.4. The number of hydrogen-bond donors (Lipinski definition) is 2. The van der Waals surface area contributed by atoms with Gasteiger partial charge in [0.15, 0.2) is 11.5 Å². The monoisotopic (exact) mass is 411 g/mol. The van der Waals surface area contributed by atoms with E-state index < -0.39 is 6.03 Å². The van der Waals surface area contributed by atoms with E-state index in [4.69, 9.17) is 14.2 Å². The molecule has 2 aromatic rings. The molecule has 1 unspecified atom stereocenters. The molecule has 1 saturated heterocycles. The van der Waals surface area contributed by atoms with Crippen LogP contribution in [0.2, 0.25) is 0 Å². The Bertz CT molecular complexity index is 915. The maximum Gasteiger partial charge on any atom is 0.325 e. The predicted molar refractivity (Wildman–Crippen MR) is 111 cm³/mol. The molecule has 0 aliphatic carbocycles. The fourth-order valence-corrected chi connectivity index (χ4v) is 3.83. The van der Waals surface area contributed by atoms with Crippen LogP contribution in [0.15, 0.2) is 42.5 Å². The van der Waals surface area contributed by atoms with Crippen molar-refractivity contribution < 1.29 is 23.8 Å². The molecule has 8 nitrogen and oxygen atoms in total. The zero-order chi connectivity index (χ0) is 20.9. The lowest BCUT2D eigenvalue weighted by molar-refractivity contribution is -0.121. The molecule has 3 amide bonds. The standard InChI is InChI=1S/C22H25N3O5/c1-2-28-17-8-5-15(6-9-17)18-4-3-11-25(18)13-21(26)24-22(27)23-16-7-10-19-20(12-16)30-14-29-19/h5-10,12,18H,2-4,11,13-14H2,1H3,(H2,23,24,26,27). The van der Waals surface area contributed by atoms with Crippen molar-refractivity contribution in [2.45, 2.75) is 25.8 Å². The summed E-state index contributed by atoms with van der Waals surface area (Å²) in [6.07, 6.45) is 1.99. The third kappa shape index (κ3) is 4.65. The number of imide groups is 1. The minimum absolute atomic E-state index is 0.156. The van der Waals surface area contributed by atoms with Gasteiger partial charge in [-0.05, 0) is 56.1 Å². The smallest absolute Gasteiger partial charge is 0.325 e. The van der Waals surface area contributed by atoms with E-state index in [9.17, 15) is 9.59 Å². The second kappa shape index (κ2) is 9.04. The number of benzene rings is 2. The predicted octanol–water partition coefficient (Wildman–Crippen LogP) is 3.30. The number of likely N-dealkylation sites (tertiary alicyclic amines) is 1. The van der Waals surface area contributed by atoms with Crippen LogP contribution in [0.4, 0.5) is 10.5 Å². The van der Waals surface area contributed by atoms with E-state index in [1.165, 1.54) is 0 Å². The van der Waals surface area contributed by atoms with E-state index in [1.54, 1.807) is 18.2 Å². The van der Waals surface area contributed by atoms with Crippen molar-refractivity contribution in [2.24, 2.45) is 0 Å². The molecule has 1 fully saturated rings. The molecule has 8 heteroatoms. The summed E-state index contributed by atoms with van der Waals surface area (Å²) in [6.45, 7) is 3.72. The second-order valence-corrected chi connectivity index (χ2v) is 7.20. The summed E-state index contributed by atoms with van der Waals surface area (Å²) in [7, 11) is 0. The third-order valence-electron chi connectivity index (χ3n) is 5.17. The van der Waals surface area contributed by atoms with Gasteiger partial charge in [0, 0.05) is 17.8 Å². The molecule has 158 valence electrons. The summed E-state index contributed by atoms with van der Waals surface area (Å²) in [5, 5.41) is 5.05. The molecular weight excluding hydrogens is 386 g/mol. The van der Waals surface area contributed by atoms with E-state index in [1.807, 2.05) is 31.2 Å². The summed E-state index contributed by atoms with van der Waals surface area (Å²) in [4.78, 5) is 26.7. The molecular formula is C22H25N3O5. The number of nitrogens with zero attached hydrogens (tertiary/aromatic N) is 1. The summed E-state index contributed by atoms with van der Waals surface area (Å²) < 4.78 is 16.0. The van der Waals surface area contributed by atoms with Gasteiger partial charge < -0.3 is 19.5 Å². The Morgan fingerprint density at radius 3 is 2.73 bits per heavy atom. The van der Waals surface area contributed by atoms with Crippen LogP contribution in [0.25, 0.3) is 0 Å². The van der Waals surface area contributed by atoms with Gasteiger partial charge >= 0.3 is 6.03 Å². The first-order chi connectivity index (χ1) is 14.6.